The Hall–Kier alpha value is -3.86. The highest BCUT2D eigenvalue weighted by Crippen LogP contribution is 2.34. The Bertz CT molecular complexity index is 1250. The molecule has 0 aliphatic carbocycles. The molecule has 5 heteroatoms. The summed E-state index contributed by atoms with van der Waals surface area (Å²) in [6.45, 7) is 2.10. The van der Waals surface area contributed by atoms with Crippen LogP contribution in [0.15, 0.2) is 84.1 Å². The minimum atomic E-state index is -0.301. The van der Waals surface area contributed by atoms with Crippen molar-refractivity contribution in [3.05, 3.63) is 90.1 Å². The second-order valence-electron chi connectivity index (χ2n) is 7.09. The lowest BCUT2D eigenvalue weighted by molar-refractivity contribution is -0.669. The van der Waals surface area contributed by atoms with Gasteiger partial charge >= 0.3 is 0 Å². The summed E-state index contributed by atoms with van der Waals surface area (Å²) in [4.78, 5) is 0. The normalized spacial score (nSPS) is 11.5. The van der Waals surface area contributed by atoms with Crippen LogP contribution in [0.2, 0.25) is 0 Å². The number of pyridine rings is 1. The summed E-state index contributed by atoms with van der Waals surface area (Å²) in [5.74, 6) is 0.957. The van der Waals surface area contributed by atoms with Crippen molar-refractivity contribution >= 4 is 16.7 Å². The van der Waals surface area contributed by atoms with E-state index in [2.05, 4.69) is 24.2 Å². The smallest absolute Gasteiger partial charge is 0.253 e. The number of hydrogen-bond donors (Lipinski definition) is 0. The Kier molecular flexibility index (Phi) is 5.85. The molecule has 0 unspecified atom stereocenters. The van der Waals surface area contributed by atoms with Gasteiger partial charge in [0, 0.05) is 5.56 Å². The van der Waals surface area contributed by atoms with Gasteiger partial charge in [-0.25, -0.2) is 0 Å². The summed E-state index contributed by atoms with van der Waals surface area (Å²) in [7, 11) is 3.22. The molecule has 0 bridgehead atoms. The zero-order valence-corrected chi connectivity index (χ0v) is 17.8. The summed E-state index contributed by atoms with van der Waals surface area (Å²) >= 11 is 0. The van der Waals surface area contributed by atoms with Gasteiger partial charge in [-0.3, -0.25) is 0 Å². The average molecular weight is 412 g/mol. The minimum Gasteiger partial charge on any atom is -0.854 e. The van der Waals surface area contributed by atoms with Crippen LogP contribution >= 0.6 is 0 Å². The van der Waals surface area contributed by atoms with Gasteiger partial charge in [-0.1, -0.05) is 60.1 Å². The van der Waals surface area contributed by atoms with Crippen LogP contribution in [0.3, 0.4) is 0 Å². The molecule has 1 heterocycles. The first-order valence-electron chi connectivity index (χ1n) is 10.2. The maximum absolute atomic E-state index is 12.9. The Labute approximate surface area is 181 Å². The lowest BCUT2D eigenvalue weighted by Gasteiger charge is -2.12. The maximum atomic E-state index is 12.9. The van der Waals surface area contributed by atoms with Crippen molar-refractivity contribution in [1.29, 1.82) is 0 Å². The molecule has 0 fully saturated rings. The van der Waals surface area contributed by atoms with Gasteiger partial charge in [0.05, 0.1) is 31.1 Å². The van der Waals surface area contributed by atoms with E-state index in [0.29, 0.717) is 17.1 Å². The number of methoxy groups -OCH3 is 2. The molecule has 0 spiro atoms. The van der Waals surface area contributed by atoms with E-state index in [1.165, 1.54) is 0 Å². The fourth-order valence-corrected chi connectivity index (χ4v) is 3.74. The van der Waals surface area contributed by atoms with Crippen LogP contribution in [0, 0.1) is 0 Å². The second kappa shape index (κ2) is 8.88. The zero-order chi connectivity index (χ0) is 21.8. The van der Waals surface area contributed by atoms with E-state index in [9.17, 15) is 5.11 Å². The summed E-state index contributed by atoms with van der Waals surface area (Å²) in [5, 5.41) is 19.5. The van der Waals surface area contributed by atoms with Gasteiger partial charge in [0.1, 0.15) is 0 Å². The number of aromatic nitrogens is 1. The number of hydrogen-bond acceptors (Lipinski definition) is 4. The van der Waals surface area contributed by atoms with E-state index in [0.717, 1.165) is 34.0 Å². The fourth-order valence-electron chi connectivity index (χ4n) is 3.74. The van der Waals surface area contributed by atoms with Gasteiger partial charge in [-0.15, -0.1) is 0 Å². The number of rotatable bonds is 6. The largest absolute Gasteiger partial charge is 0.854 e. The summed E-state index contributed by atoms with van der Waals surface area (Å²) < 4.78 is 12.6. The van der Waals surface area contributed by atoms with Crippen LogP contribution in [-0.4, -0.2) is 20.1 Å². The van der Waals surface area contributed by atoms with Crippen molar-refractivity contribution in [2.75, 3.05) is 14.2 Å². The summed E-state index contributed by atoms with van der Waals surface area (Å²) in [5.41, 5.74) is 3.35. The van der Waals surface area contributed by atoms with Crippen LogP contribution < -0.4 is 19.3 Å². The fraction of sp³-hybridized carbons (Fsp3) is 0.154. The first-order chi connectivity index (χ1) is 15.2. The van der Waals surface area contributed by atoms with Gasteiger partial charge in [0.25, 0.3) is 5.69 Å². The molecule has 0 aliphatic rings. The number of benzene rings is 3. The van der Waals surface area contributed by atoms with Crippen molar-refractivity contribution in [1.82, 2.24) is 0 Å². The lowest BCUT2D eigenvalue weighted by Crippen LogP contribution is -2.36. The van der Waals surface area contributed by atoms with Crippen molar-refractivity contribution in [3.8, 4) is 22.8 Å². The molecule has 5 nitrogen and oxygen atoms in total. The number of ether oxygens (including phenoxy) is 2. The molecule has 4 rings (SSSR count). The van der Waals surface area contributed by atoms with E-state index in [1.54, 1.807) is 31.0 Å². The third kappa shape index (κ3) is 3.94. The Balaban J connectivity index is 2.02. The van der Waals surface area contributed by atoms with Crippen molar-refractivity contribution in [2.24, 2.45) is 5.10 Å². The molecule has 0 radical (unpaired) electrons. The molecule has 156 valence electrons. The minimum absolute atomic E-state index is 0.301. The summed E-state index contributed by atoms with van der Waals surface area (Å²) in [6, 6.07) is 23.0. The van der Waals surface area contributed by atoms with Gasteiger partial charge in [0.2, 0.25) is 6.20 Å². The van der Waals surface area contributed by atoms with Gasteiger partial charge in [-0.05, 0) is 46.7 Å². The van der Waals surface area contributed by atoms with Crippen molar-refractivity contribution < 1.29 is 19.3 Å². The van der Waals surface area contributed by atoms with Crippen LogP contribution in [0.1, 0.15) is 18.1 Å². The Morgan fingerprint density at radius 2 is 1.55 bits per heavy atom. The monoisotopic (exact) mass is 412 g/mol. The molecule has 0 saturated carbocycles. The standard InChI is InChI=1S/C26H24N2O3/c1-4-18-17-28(27-26(29)19-10-6-5-7-11-19)25(22-13-9-8-12-21(18)22)20-14-15-23(30-2)24(16-20)31-3/h5-17H,4H2,1-3H3. The Morgan fingerprint density at radius 3 is 2.23 bits per heavy atom. The first-order valence-corrected chi connectivity index (χ1v) is 10.2. The predicted molar refractivity (Wildman–Crippen MR) is 120 cm³/mol. The quantitative estimate of drug-likeness (QED) is 0.274. The SMILES string of the molecule is CCc1c[n+](/N=C(\[O-])c2ccccc2)c(-c2ccc(OC)c(OC)c2)c2ccccc12. The molecule has 0 aliphatic heterocycles. The summed E-state index contributed by atoms with van der Waals surface area (Å²) in [6.07, 6.45) is 2.76. The molecule has 0 N–H and O–H groups in total. The van der Waals surface area contributed by atoms with E-state index in [-0.39, 0.29) is 5.90 Å². The number of fused-ring (bicyclic) bond motifs is 1. The molecule has 1 aromatic heterocycles. The second-order valence-corrected chi connectivity index (χ2v) is 7.09. The molecule has 0 amide bonds. The molecule has 4 aromatic rings. The third-order valence-corrected chi connectivity index (χ3v) is 5.29. The molecular weight excluding hydrogens is 388 g/mol. The average Bonchev–Trinajstić information content (AvgIpc) is 2.83. The predicted octanol–water partition coefficient (Wildman–Crippen LogP) is 3.94. The number of nitrogens with zero attached hydrogens (tertiary/aromatic N) is 2. The number of aryl methyl sites for hydroxylation is 1. The highest BCUT2D eigenvalue weighted by Gasteiger charge is 2.22. The first kappa shape index (κ1) is 20.4. The van der Waals surface area contributed by atoms with Gasteiger partial charge in [-0.2, -0.15) is 0 Å². The highest BCUT2D eigenvalue weighted by atomic mass is 16.5. The zero-order valence-electron chi connectivity index (χ0n) is 17.8. The van der Waals surface area contributed by atoms with Crippen molar-refractivity contribution in [3.63, 3.8) is 0 Å². The molecule has 0 atom stereocenters. The van der Waals surface area contributed by atoms with Crippen molar-refractivity contribution in [2.45, 2.75) is 13.3 Å². The van der Waals surface area contributed by atoms with Crippen LogP contribution in [-0.2, 0) is 6.42 Å². The van der Waals surface area contributed by atoms with E-state index >= 15 is 0 Å². The lowest BCUT2D eigenvalue weighted by atomic mass is 9.99. The highest BCUT2D eigenvalue weighted by molar-refractivity contribution is 5.95. The van der Waals surface area contributed by atoms with E-state index < -0.39 is 0 Å². The molecular formula is C26H24N2O3. The molecule has 3 aromatic carbocycles. The van der Waals surface area contributed by atoms with E-state index in [1.807, 2.05) is 54.7 Å². The molecule has 31 heavy (non-hydrogen) atoms. The Morgan fingerprint density at radius 1 is 0.871 bits per heavy atom. The van der Waals surface area contributed by atoms with Crippen LogP contribution in [0.4, 0.5) is 0 Å². The van der Waals surface area contributed by atoms with Crippen LogP contribution in [0.5, 0.6) is 11.5 Å². The van der Waals surface area contributed by atoms with Gasteiger partial charge in [0.15, 0.2) is 11.5 Å². The topological polar surface area (TPSA) is 57.8 Å². The van der Waals surface area contributed by atoms with E-state index in [4.69, 9.17) is 9.47 Å². The molecule has 0 saturated heterocycles. The van der Waals surface area contributed by atoms with Crippen LogP contribution in [0.25, 0.3) is 22.0 Å². The third-order valence-electron chi connectivity index (χ3n) is 5.29. The van der Waals surface area contributed by atoms with Gasteiger partial charge < -0.3 is 14.6 Å². The maximum Gasteiger partial charge on any atom is 0.253 e.